The van der Waals surface area contributed by atoms with Crippen molar-refractivity contribution in [2.75, 3.05) is 40.3 Å². The molecule has 2 rings (SSSR count). The number of hydrogen-bond acceptors (Lipinski definition) is 4. The Balaban J connectivity index is 1.58. The van der Waals surface area contributed by atoms with E-state index in [1.807, 2.05) is 6.08 Å². The van der Waals surface area contributed by atoms with E-state index in [1.54, 1.807) is 36.2 Å². The van der Waals surface area contributed by atoms with Crippen LogP contribution < -0.4 is 4.74 Å². The highest BCUT2D eigenvalue weighted by molar-refractivity contribution is 6.30. The van der Waals surface area contributed by atoms with Gasteiger partial charge >= 0.3 is 6.09 Å². The SMILES string of the molecule is C=CCN(C)CCCCOC1CCC(CN(C)C(=O)Oc2ccc(Cl)cc2)CC1. The minimum Gasteiger partial charge on any atom is -0.410 e. The van der Waals surface area contributed by atoms with E-state index in [9.17, 15) is 4.79 Å². The lowest BCUT2D eigenvalue weighted by atomic mass is 9.87. The maximum absolute atomic E-state index is 12.3. The molecule has 0 N–H and O–H groups in total. The molecule has 5 nitrogen and oxygen atoms in total. The van der Waals surface area contributed by atoms with Gasteiger partial charge in [-0.05, 0) is 82.3 Å². The van der Waals surface area contributed by atoms with E-state index in [1.165, 1.54) is 0 Å². The molecule has 0 heterocycles. The van der Waals surface area contributed by atoms with Crippen molar-refractivity contribution in [1.82, 2.24) is 9.80 Å². The molecule has 29 heavy (non-hydrogen) atoms. The number of carbonyl (C=O) groups is 1. The summed E-state index contributed by atoms with van der Waals surface area (Å²) in [7, 11) is 3.91. The van der Waals surface area contributed by atoms with Crippen LogP contribution in [0.4, 0.5) is 4.79 Å². The fourth-order valence-electron chi connectivity index (χ4n) is 3.67. The molecule has 0 unspecified atom stereocenters. The largest absolute Gasteiger partial charge is 0.414 e. The van der Waals surface area contributed by atoms with Gasteiger partial charge in [-0.25, -0.2) is 4.79 Å². The van der Waals surface area contributed by atoms with Gasteiger partial charge in [-0.15, -0.1) is 6.58 Å². The van der Waals surface area contributed by atoms with Crippen LogP contribution >= 0.6 is 11.6 Å². The van der Waals surface area contributed by atoms with Gasteiger partial charge in [-0.3, -0.25) is 0 Å². The monoisotopic (exact) mass is 422 g/mol. The first-order valence-corrected chi connectivity index (χ1v) is 10.9. The van der Waals surface area contributed by atoms with Crippen molar-refractivity contribution in [3.8, 4) is 5.75 Å². The molecule has 0 saturated heterocycles. The normalized spacial score (nSPS) is 19.2. The number of amides is 1. The number of benzene rings is 1. The van der Waals surface area contributed by atoms with E-state index in [2.05, 4.69) is 18.5 Å². The Morgan fingerprint density at radius 3 is 2.52 bits per heavy atom. The van der Waals surface area contributed by atoms with Crippen LogP contribution in [0.3, 0.4) is 0 Å². The van der Waals surface area contributed by atoms with Crippen LogP contribution in [0.15, 0.2) is 36.9 Å². The summed E-state index contributed by atoms with van der Waals surface area (Å²) in [6.07, 6.45) is 8.54. The van der Waals surface area contributed by atoms with Gasteiger partial charge in [0.2, 0.25) is 0 Å². The number of nitrogens with zero attached hydrogens (tertiary/aromatic N) is 2. The molecular formula is C23H35ClN2O3. The fourth-order valence-corrected chi connectivity index (χ4v) is 3.80. The van der Waals surface area contributed by atoms with Gasteiger partial charge in [0.15, 0.2) is 0 Å². The third-order valence-corrected chi connectivity index (χ3v) is 5.64. The van der Waals surface area contributed by atoms with E-state index < -0.39 is 0 Å². The van der Waals surface area contributed by atoms with Gasteiger partial charge < -0.3 is 19.3 Å². The first-order chi connectivity index (χ1) is 14.0. The maximum atomic E-state index is 12.3. The van der Waals surface area contributed by atoms with E-state index in [-0.39, 0.29) is 6.09 Å². The summed E-state index contributed by atoms with van der Waals surface area (Å²) in [5.41, 5.74) is 0. The van der Waals surface area contributed by atoms with Crippen molar-refractivity contribution in [3.63, 3.8) is 0 Å². The predicted molar refractivity (Wildman–Crippen MR) is 119 cm³/mol. The molecule has 0 radical (unpaired) electrons. The highest BCUT2D eigenvalue weighted by Gasteiger charge is 2.24. The van der Waals surface area contributed by atoms with Gasteiger partial charge in [0.25, 0.3) is 0 Å². The summed E-state index contributed by atoms with van der Waals surface area (Å²) in [5, 5.41) is 0.622. The molecule has 0 spiro atoms. The minimum atomic E-state index is -0.327. The van der Waals surface area contributed by atoms with Crippen LogP contribution in [0.2, 0.25) is 5.02 Å². The summed E-state index contributed by atoms with van der Waals surface area (Å²) in [6.45, 7) is 7.34. The number of likely N-dealkylation sites (N-methyl/N-ethyl adjacent to an activating group) is 1. The second kappa shape index (κ2) is 12.9. The lowest BCUT2D eigenvalue weighted by molar-refractivity contribution is 0.0132. The summed E-state index contributed by atoms with van der Waals surface area (Å²) in [4.78, 5) is 16.2. The van der Waals surface area contributed by atoms with Crippen molar-refractivity contribution >= 4 is 17.7 Å². The molecule has 0 aliphatic heterocycles. The lowest BCUT2D eigenvalue weighted by Gasteiger charge is -2.31. The predicted octanol–water partition coefficient (Wildman–Crippen LogP) is 5.24. The van der Waals surface area contributed by atoms with Gasteiger partial charge in [0.05, 0.1) is 6.10 Å². The van der Waals surface area contributed by atoms with Crippen LogP contribution in [-0.2, 0) is 4.74 Å². The molecule has 0 bridgehead atoms. The molecule has 0 aromatic heterocycles. The van der Waals surface area contributed by atoms with Gasteiger partial charge in [0.1, 0.15) is 5.75 Å². The average molecular weight is 423 g/mol. The molecular weight excluding hydrogens is 388 g/mol. The Morgan fingerprint density at radius 1 is 1.17 bits per heavy atom. The first-order valence-electron chi connectivity index (χ1n) is 10.6. The highest BCUT2D eigenvalue weighted by Crippen LogP contribution is 2.27. The van der Waals surface area contributed by atoms with Crippen LogP contribution in [0, 0.1) is 5.92 Å². The standard InChI is InChI=1S/C23H35ClN2O3/c1-4-15-25(2)16-5-6-17-28-21-11-7-19(8-12-21)18-26(3)23(27)29-22-13-9-20(24)10-14-22/h4,9-10,13-14,19,21H,1,5-8,11-12,15-18H2,2-3H3. The minimum absolute atomic E-state index is 0.327. The first kappa shape index (κ1) is 23.7. The van der Waals surface area contributed by atoms with Crippen LogP contribution in [0.25, 0.3) is 0 Å². The van der Waals surface area contributed by atoms with E-state index in [0.717, 1.165) is 64.8 Å². The summed E-state index contributed by atoms with van der Waals surface area (Å²) < 4.78 is 11.5. The smallest absolute Gasteiger partial charge is 0.410 e. The second-order valence-corrected chi connectivity index (χ2v) is 8.41. The quantitative estimate of drug-likeness (QED) is 0.361. The molecule has 1 saturated carbocycles. The molecule has 1 aromatic carbocycles. The Hall–Kier alpha value is -1.56. The van der Waals surface area contributed by atoms with Crippen molar-refractivity contribution < 1.29 is 14.3 Å². The maximum Gasteiger partial charge on any atom is 0.414 e. The number of ether oxygens (including phenoxy) is 2. The molecule has 1 amide bonds. The molecule has 1 fully saturated rings. The van der Waals surface area contributed by atoms with Gasteiger partial charge in [-0.1, -0.05) is 17.7 Å². The number of unbranched alkanes of at least 4 members (excludes halogenated alkanes) is 1. The zero-order valence-electron chi connectivity index (χ0n) is 17.8. The Labute approximate surface area is 180 Å². The molecule has 6 heteroatoms. The van der Waals surface area contributed by atoms with E-state index in [0.29, 0.717) is 22.8 Å². The summed E-state index contributed by atoms with van der Waals surface area (Å²) in [5.74, 6) is 1.02. The molecule has 1 aliphatic rings. The number of rotatable bonds is 11. The van der Waals surface area contributed by atoms with Gasteiger partial charge in [-0.2, -0.15) is 0 Å². The van der Waals surface area contributed by atoms with Gasteiger partial charge in [0, 0.05) is 31.8 Å². The molecule has 0 atom stereocenters. The Morgan fingerprint density at radius 2 is 1.86 bits per heavy atom. The average Bonchev–Trinajstić information content (AvgIpc) is 2.71. The summed E-state index contributed by atoms with van der Waals surface area (Å²) >= 11 is 5.86. The summed E-state index contributed by atoms with van der Waals surface area (Å²) in [6, 6.07) is 6.83. The molecule has 1 aliphatic carbocycles. The van der Waals surface area contributed by atoms with Crippen molar-refractivity contribution in [2.24, 2.45) is 5.92 Å². The fraction of sp³-hybridized carbons (Fsp3) is 0.609. The molecule has 1 aromatic rings. The van der Waals surface area contributed by atoms with E-state index >= 15 is 0 Å². The number of hydrogen-bond donors (Lipinski definition) is 0. The lowest BCUT2D eigenvalue weighted by Crippen LogP contribution is -2.36. The van der Waals surface area contributed by atoms with Crippen LogP contribution in [-0.4, -0.2) is 62.3 Å². The number of carbonyl (C=O) groups excluding carboxylic acids is 1. The Kier molecular flexibility index (Phi) is 10.5. The molecule has 162 valence electrons. The third-order valence-electron chi connectivity index (χ3n) is 5.38. The third kappa shape index (κ3) is 9.20. The van der Waals surface area contributed by atoms with Crippen LogP contribution in [0.1, 0.15) is 38.5 Å². The second-order valence-electron chi connectivity index (χ2n) is 7.97. The number of halogens is 1. The van der Waals surface area contributed by atoms with Crippen molar-refractivity contribution in [3.05, 3.63) is 41.9 Å². The van der Waals surface area contributed by atoms with Crippen molar-refractivity contribution in [2.45, 2.75) is 44.6 Å². The van der Waals surface area contributed by atoms with E-state index in [4.69, 9.17) is 21.1 Å². The van der Waals surface area contributed by atoms with Crippen molar-refractivity contribution in [1.29, 1.82) is 0 Å². The zero-order chi connectivity index (χ0) is 21.1. The van der Waals surface area contributed by atoms with Crippen LogP contribution in [0.5, 0.6) is 5.75 Å². The Bertz CT molecular complexity index is 615. The highest BCUT2D eigenvalue weighted by atomic mass is 35.5. The zero-order valence-corrected chi connectivity index (χ0v) is 18.6. The topological polar surface area (TPSA) is 42.0 Å².